The Balaban J connectivity index is 2.34. The number of urea groups is 1. The zero-order chi connectivity index (χ0) is 15.0. The molecule has 3 amide bonds. The van der Waals surface area contributed by atoms with E-state index in [1.54, 1.807) is 18.2 Å². The number of rotatable bonds is 6. The second kappa shape index (κ2) is 8.63. The summed E-state index contributed by atoms with van der Waals surface area (Å²) in [6.45, 7) is 0.627. The van der Waals surface area contributed by atoms with Gasteiger partial charge in [-0.05, 0) is 18.2 Å². The van der Waals surface area contributed by atoms with Gasteiger partial charge in [-0.2, -0.15) is 0 Å². The second-order valence-electron chi connectivity index (χ2n) is 3.81. The Hall–Kier alpha value is -1.50. The quantitative estimate of drug-likeness (QED) is 0.699. The van der Waals surface area contributed by atoms with Crippen LogP contribution in [0.25, 0.3) is 0 Å². The maximum atomic E-state index is 11.5. The lowest BCUT2D eigenvalue weighted by atomic mass is 10.3. The van der Waals surface area contributed by atoms with Crippen LogP contribution < -0.4 is 16.0 Å². The van der Waals surface area contributed by atoms with Gasteiger partial charge in [0.05, 0.1) is 13.2 Å². The topological polar surface area (TPSA) is 79.5 Å². The van der Waals surface area contributed by atoms with Crippen molar-refractivity contribution in [1.82, 2.24) is 10.6 Å². The Morgan fingerprint density at radius 3 is 2.45 bits per heavy atom. The summed E-state index contributed by atoms with van der Waals surface area (Å²) in [5.41, 5.74) is 0.595. The van der Waals surface area contributed by atoms with E-state index in [9.17, 15) is 9.59 Å². The maximum absolute atomic E-state index is 11.5. The number of amides is 3. The van der Waals surface area contributed by atoms with E-state index in [1.165, 1.54) is 7.11 Å². The fourth-order valence-electron chi connectivity index (χ4n) is 1.32. The molecule has 8 heteroatoms. The van der Waals surface area contributed by atoms with Crippen molar-refractivity contribution in [2.45, 2.75) is 0 Å². The average Bonchev–Trinajstić information content (AvgIpc) is 2.35. The van der Waals surface area contributed by atoms with E-state index < -0.39 is 11.9 Å². The highest BCUT2D eigenvalue weighted by molar-refractivity contribution is 6.35. The van der Waals surface area contributed by atoms with Crippen molar-refractivity contribution in [1.29, 1.82) is 0 Å². The smallest absolute Gasteiger partial charge is 0.321 e. The minimum absolute atomic E-state index is 0.0750. The lowest BCUT2D eigenvalue weighted by molar-refractivity contribution is -0.118. The van der Waals surface area contributed by atoms with Gasteiger partial charge in [-0.25, -0.2) is 4.79 Å². The van der Waals surface area contributed by atoms with Gasteiger partial charge in [-0.3, -0.25) is 10.1 Å². The van der Waals surface area contributed by atoms with E-state index in [0.29, 0.717) is 28.9 Å². The molecule has 0 atom stereocenters. The first kappa shape index (κ1) is 16.6. The fraction of sp³-hybridized carbons (Fsp3) is 0.333. The van der Waals surface area contributed by atoms with E-state index in [4.69, 9.17) is 27.9 Å². The number of ether oxygens (including phenoxy) is 1. The lowest BCUT2D eigenvalue weighted by Crippen LogP contribution is -2.42. The van der Waals surface area contributed by atoms with E-state index in [0.717, 1.165) is 0 Å². The molecular formula is C12H15Cl2N3O3. The Morgan fingerprint density at radius 1 is 1.20 bits per heavy atom. The van der Waals surface area contributed by atoms with Crippen LogP contribution in [0.15, 0.2) is 18.2 Å². The van der Waals surface area contributed by atoms with Crippen LogP contribution in [0.1, 0.15) is 0 Å². The van der Waals surface area contributed by atoms with Crippen LogP contribution in [0.2, 0.25) is 10.0 Å². The Bertz CT molecular complexity index is 463. The largest absolute Gasteiger partial charge is 0.383 e. The first-order valence-corrected chi connectivity index (χ1v) is 6.53. The minimum atomic E-state index is -0.571. The summed E-state index contributed by atoms with van der Waals surface area (Å²) in [6, 6.07) is 4.26. The first-order valence-electron chi connectivity index (χ1n) is 5.78. The van der Waals surface area contributed by atoms with Gasteiger partial charge < -0.3 is 15.4 Å². The summed E-state index contributed by atoms with van der Waals surface area (Å²) in [5.74, 6) is -0.476. The zero-order valence-corrected chi connectivity index (χ0v) is 12.3. The summed E-state index contributed by atoms with van der Waals surface area (Å²) in [6.07, 6.45) is 0. The van der Waals surface area contributed by atoms with E-state index in [1.807, 2.05) is 0 Å². The van der Waals surface area contributed by atoms with Crippen molar-refractivity contribution in [2.24, 2.45) is 0 Å². The Kier molecular flexibility index (Phi) is 7.14. The number of carbonyl (C=O) groups excluding carboxylic acids is 2. The molecule has 0 aliphatic carbocycles. The molecule has 0 fully saturated rings. The number of hydrogen-bond acceptors (Lipinski definition) is 4. The maximum Gasteiger partial charge on any atom is 0.321 e. The molecule has 1 aromatic carbocycles. The number of benzene rings is 1. The van der Waals surface area contributed by atoms with Crippen molar-refractivity contribution in [3.05, 3.63) is 28.2 Å². The van der Waals surface area contributed by atoms with Crippen LogP contribution in [-0.4, -0.2) is 38.7 Å². The molecule has 0 bridgehead atoms. The molecule has 6 nitrogen and oxygen atoms in total. The summed E-state index contributed by atoms with van der Waals surface area (Å²) in [4.78, 5) is 22.8. The first-order chi connectivity index (χ1) is 9.51. The predicted octanol–water partition coefficient (Wildman–Crippen LogP) is 1.88. The SMILES string of the molecule is COCCNC(=O)NC(=O)CNc1cc(Cl)cc(Cl)c1. The Labute approximate surface area is 126 Å². The summed E-state index contributed by atoms with van der Waals surface area (Å²) < 4.78 is 4.76. The van der Waals surface area contributed by atoms with Crippen molar-refractivity contribution in [3.8, 4) is 0 Å². The second-order valence-corrected chi connectivity index (χ2v) is 4.68. The lowest BCUT2D eigenvalue weighted by Gasteiger charge is -2.08. The Morgan fingerprint density at radius 2 is 1.85 bits per heavy atom. The normalized spacial score (nSPS) is 9.95. The third kappa shape index (κ3) is 6.60. The van der Waals surface area contributed by atoms with Crippen LogP contribution in [0.4, 0.5) is 10.5 Å². The summed E-state index contributed by atoms with van der Waals surface area (Å²) in [7, 11) is 1.52. The number of hydrogen-bond donors (Lipinski definition) is 3. The van der Waals surface area contributed by atoms with E-state index >= 15 is 0 Å². The van der Waals surface area contributed by atoms with Crippen LogP contribution >= 0.6 is 23.2 Å². The molecule has 0 radical (unpaired) electrons. The molecular weight excluding hydrogens is 305 g/mol. The van der Waals surface area contributed by atoms with E-state index in [2.05, 4.69) is 16.0 Å². The van der Waals surface area contributed by atoms with Crippen LogP contribution in [-0.2, 0) is 9.53 Å². The minimum Gasteiger partial charge on any atom is -0.383 e. The number of halogens is 2. The molecule has 0 heterocycles. The third-order valence-corrected chi connectivity index (χ3v) is 2.60. The van der Waals surface area contributed by atoms with Crippen molar-refractivity contribution in [3.63, 3.8) is 0 Å². The molecule has 0 saturated carbocycles. The van der Waals surface area contributed by atoms with Gasteiger partial charge in [0, 0.05) is 29.4 Å². The van der Waals surface area contributed by atoms with Gasteiger partial charge in [0.15, 0.2) is 0 Å². The molecule has 0 spiro atoms. The molecule has 20 heavy (non-hydrogen) atoms. The van der Waals surface area contributed by atoms with Gasteiger partial charge in [0.1, 0.15) is 0 Å². The van der Waals surface area contributed by atoms with Gasteiger partial charge in [0.2, 0.25) is 5.91 Å². The molecule has 0 saturated heterocycles. The molecule has 1 aromatic rings. The molecule has 0 aromatic heterocycles. The number of carbonyl (C=O) groups is 2. The third-order valence-electron chi connectivity index (χ3n) is 2.16. The molecule has 0 aliphatic rings. The molecule has 3 N–H and O–H groups in total. The highest BCUT2D eigenvalue weighted by atomic mass is 35.5. The van der Waals surface area contributed by atoms with Crippen LogP contribution in [0.3, 0.4) is 0 Å². The zero-order valence-electron chi connectivity index (χ0n) is 10.8. The number of methoxy groups -OCH3 is 1. The van der Waals surface area contributed by atoms with Gasteiger partial charge >= 0.3 is 6.03 Å². The number of nitrogens with one attached hydrogen (secondary N) is 3. The van der Waals surface area contributed by atoms with Crippen molar-refractivity contribution in [2.75, 3.05) is 32.1 Å². The summed E-state index contributed by atoms with van der Waals surface area (Å²) >= 11 is 11.6. The molecule has 0 unspecified atom stereocenters. The van der Waals surface area contributed by atoms with Gasteiger partial charge in [-0.15, -0.1) is 0 Å². The van der Waals surface area contributed by atoms with Crippen molar-refractivity contribution < 1.29 is 14.3 Å². The molecule has 110 valence electrons. The van der Waals surface area contributed by atoms with Crippen LogP contribution in [0, 0.1) is 0 Å². The predicted molar refractivity (Wildman–Crippen MR) is 78.4 cm³/mol. The number of anilines is 1. The van der Waals surface area contributed by atoms with Crippen LogP contribution in [0.5, 0.6) is 0 Å². The van der Waals surface area contributed by atoms with Gasteiger partial charge in [0.25, 0.3) is 0 Å². The number of imide groups is 1. The highest BCUT2D eigenvalue weighted by Crippen LogP contribution is 2.22. The van der Waals surface area contributed by atoms with Crippen molar-refractivity contribution >= 4 is 40.8 Å². The monoisotopic (exact) mass is 319 g/mol. The highest BCUT2D eigenvalue weighted by Gasteiger charge is 2.07. The fourth-order valence-corrected chi connectivity index (χ4v) is 1.85. The standard InChI is InChI=1S/C12H15Cl2N3O3/c1-20-3-2-15-12(19)17-11(18)7-16-10-5-8(13)4-9(14)6-10/h4-6,16H,2-3,7H2,1H3,(H2,15,17,18,19). The molecule has 1 rings (SSSR count). The summed E-state index contributed by atoms with van der Waals surface area (Å²) in [5, 5.41) is 8.36. The van der Waals surface area contributed by atoms with Gasteiger partial charge in [-0.1, -0.05) is 23.2 Å². The van der Waals surface area contributed by atoms with E-state index in [-0.39, 0.29) is 6.54 Å². The molecule has 0 aliphatic heterocycles. The average molecular weight is 320 g/mol.